The molecule has 1 fully saturated rings. The van der Waals surface area contributed by atoms with Crippen molar-refractivity contribution in [3.05, 3.63) is 0 Å². The standard InChI is InChI=1S/C32H61N5O8/c1-3-4-5-6-7-8-9-10-11-12-13-14-15-33(2)28-45-32(44)27-37-22-20-35(25-30(40)41)18-16-34(24-29(38)39)17-19-36(21-23-37)26-31(42)43/h3-28H2,1-2H3,(H,38,39)(H,40,41)(H,42,43)/p-3. The van der Waals surface area contributed by atoms with Gasteiger partial charge in [0.05, 0.1) is 24.5 Å². The Morgan fingerprint density at radius 1 is 0.533 bits per heavy atom. The number of hydrogen-bond acceptors (Lipinski definition) is 13. The molecule has 0 unspecified atom stereocenters. The number of aliphatic carboxylic acids is 3. The van der Waals surface area contributed by atoms with E-state index in [9.17, 15) is 34.5 Å². The summed E-state index contributed by atoms with van der Waals surface area (Å²) in [6.07, 6.45) is 15.4. The number of carbonyl (C=O) groups is 4. The summed E-state index contributed by atoms with van der Waals surface area (Å²) in [5.74, 6) is -4.20. The van der Waals surface area contributed by atoms with Gasteiger partial charge in [-0.05, 0) is 13.5 Å². The maximum atomic E-state index is 12.7. The predicted molar refractivity (Wildman–Crippen MR) is 165 cm³/mol. The van der Waals surface area contributed by atoms with Gasteiger partial charge in [0.2, 0.25) is 0 Å². The van der Waals surface area contributed by atoms with Crippen molar-refractivity contribution in [2.75, 3.05) is 98.9 Å². The third kappa shape index (κ3) is 23.6. The highest BCUT2D eigenvalue weighted by Crippen LogP contribution is 2.12. The number of unbranched alkanes of at least 4 members (excludes halogenated alkanes) is 11. The molecule has 0 spiro atoms. The van der Waals surface area contributed by atoms with Crippen molar-refractivity contribution < 1.29 is 39.2 Å². The fourth-order valence-corrected chi connectivity index (χ4v) is 5.46. The number of esters is 1. The van der Waals surface area contributed by atoms with Gasteiger partial charge in [-0.2, -0.15) is 0 Å². The lowest BCUT2D eigenvalue weighted by molar-refractivity contribution is -0.308. The lowest BCUT2D eigenvalue weighted by Gasteiger charge is -2.34. The fourth-order valence-electron chi connectivity index (χ4n) is 5.46. The van der Waals surface area contributed by atoms with Crippen LogP contribution in [0.15, 0.2) is 0 Å². The van der Waals surface area contributed by atoms with E-state index < -0.39 is 23.9 Å². The fraction of sp³-hybridized carbons (Fsp3) is 0.875. The van der Waals surface area contributed by atoms with E-state index in [1.165, 1.54) is 64.2 Å². The Bertz CT molecular complexity index is 801. The average Bonchev–Trinajstić information content (AvgIpc) is 2.97. The number of hydrogen-bond donors (Lipinski definition) is 0. The zero-order chi connectivity index (χ0) is 33.3. The molecule has 0 saturated carbocycles. The Hall–Kier alpha value is -2.32. The third-order valence-electron chi connectivity index (χ3n) is 8.18. The van der Waals surface area contributed by atoms with E-state index in [0.29, 0.717) is 26.2 Å². The zero-order valence-corrected chi connectivity index (χ0v) is 27.9. The summed E-state index contributed by atoms with van der Waals surface area (Å²) >= 11 is 0. The molecule has 1 aliphatic heterocycles. The Labute approximate surface area is 270 Å². The van der Waals surface area contributed by atoms with E-state index in [-0.39, 0.29) is 59.1 Å². The van der Waals surface area contributed by atoms with Crippen molar-refractivity contribution in [1.29, 1.82) is 0 Å². The molecular weight excluding hydrogens is 582 g/mol. The first kappa shape index (κ1) is 40.7. The van der Waals surface area contributed by atoms with Gasteiger partial charge < -0.3 is 34.4 Å². The number of carbonyl (C=O) groups excluding carboxylic acids is 4. The smallest absolute Gasteiger partial charge is 0.321 e. The Balaban J connectivity index is 2.48. The van der Waals surface area contributed by atoms with E-state index in [2.05, 4.69) is 6.92 Å². The topological polar surface area (TPSA) is 163 Å². The molecule has 0 bridgehead atoms. The number of carboxylic acid groups (broad SMARTS) is 3. The molecule has 262 valence electrons. The lowest BCUT2D eigenvalue weighted by Crippen LogP contribution is -2.51. The molecule has 0 aromatic heterocycles. The van der Waals surface area contributed by atoms with Crippen LogP contribution in [0.4, 0.5) is 0 Å². The van der Waals surface area contributed by atoms with E-state index in [1.54, 1.807) is 14.7 Å². The van der Waals surface area contributed by atoms with Crippen molar-refractivity contribution in [3.63, 3.8) is 0 Å². The van der Waals surface area contributed by atoms with Crippen LogP contribution in [0.25, 0.3) is 0 Å². The zero-order valence-electron chi connectivity index (χ0n) is 27.9. The molecule has 0 aromatic carbocycles. The summed E-state index contributed by atoms with van der Waals surface area (Å²) < 4.78 is 5.51. The summed E-state index contributed by atoms with van der Waals surface area (Å²) in [5, 5.41) is 33.9. The van der Waals surface area contributed by atoms with Crippen molar-refractivity contribution in [2.45, 2.75) is 84.0 Å². The maximum absolute atomic E-state index is 12.7. The molecule has 1 aliphatic rings. The van der Waals surface area contributed by atoms with Gasteiger partial charge in [-0.3, -0.25) is 29.3 Å². The second-order valence-corrected chi connectivity index (χ2v) is 12.3. The second kappa shape index (κ2) is 25.8. The largest absolute Gasteiger partial charge is 0.549 e. The highest BCUT2D eigenvalue weighted by molar-refractivity contribution is 5.71. The van der Waals surface area contributed by atoms with Crippen LogP contribution in [0.1, 0.15) is 84.0 Å². The monoisotopic (exact) mass is 640 g/mol. The van der Waals surface area contributed by atoms with E-state index in [1.807, 2.05) is 16.8 Å². The minimum absolute atomic E-state index is 0.0262. The van der Waals surface area contributed by atoms with Gasteiger partial charge in [-0.15, -0.1) is 0 Å². The minimum Gasteiger partial charge on any atom is -0.549 e. The molecular formula is C32H58N5O8-3. The Morgan fingerprint density at radius 2 is 0.844 bits per heavy atom. The number of rotatable bonds is 23. The van der Waals surface area contributed by atoms with Crippen molar-refractivity contribution in [3.8, 4) is 0 Å². The van der Waals surface area contributed by atoms with E-state index in [4.69, 9.17) is 4.74 Å². The third-order valence-corrected chi connectivity index (χ3v) is 8.18. The van der Waals surface area contributed by atoms with Gasteiger partial charge >= 0.3 is 5.97 Å². The molecule has 1 rings (SSSR count). The van der Waals surface area contributed by atoms with Crippen LogP contribution in [0.2, 0.25) is 0 Å². The van der Waals surface area contributed by atoms with Gasteiger partial charge in [0, 0.05) is 78.5 Å². The van der Waals surface area contributed by atoms with E-state index in [0.717, 1.165) is 19.4 Å². The van der Waals surface area contributed by atoms with Gasteiger partial charge in [0.25, 0.3) is 0 Å². The van der Waals surface area contributed by atoms with Crippen LogP contribution in [0, 0.1) is 0 Å². The van der Waals surface area contributed by atoms with Crippen LogP contribution < -0.4 is 15.3 Å². The molecule has 0 radical (unpaired) electrons. The molecule has 1 heterocycles. The predicted octanol–water partition coefficient (Wildman–Crippen LogP) is -1.41. The van der Waals surface area contributed by atoms with Crippen molar-refractivity contribution >= 4 is 23.9 Å². The first-order valence-corrected chi connectivity index (χ1v) is 16.9. The molecule has 0 N–H and O–H groups in total. The summed E-state index contributed by atoms with van der Waals surface area (Å²) in [6.45, 7) is 4.44. The Morgan fingerprint density at radius 3 is 1.18 bits per heavy atom. The van der Waals surface area contributed by atoms with Crippen molar-refractivity contribution in [2.24, 2.45) is 0 Å². The van der Waals surface area contributed by atoms with Gasteiger partial charge in [0.15, 0.2) is 0 Å². The molecule has 0 aromatic rings. The highest BCUT2D eigenvalue weighted by Gasteiger charge is 2.19. The quantitative estimate of drug-likeness (QED) is 0.0728. The van der Waals surface area contributed by atoms with E-state index >= 15 is 0 Å². The molecule has 1 saturated heterocycles. The number of ether oxygens (including phenoxy) is 1. The summed E-state index contributed by atoms with van der Waals surface area (Å²) in [7, 11) is 1.92. The molecule has 13 heteroatoms. The Kier molecular flexibility index (Phi) is 23.4. The van der Waals surface area contributed by atoms with Gasteiger partial charge in [0.1, 0.15) is 6.73 Å². The molecule has 0 atom stereocenters. The normalized spacial score (nSPS) is 16.7. The van der Waals surface area contributed by atoms with Crippen LogP contribution in [-0.2, 0) is 23.9 Å². The molecule has 45 heavy (non-hydrogen) atoms. The second-order valence-electron chi connectivity index (χ2n) is 12.3. The summed E-state index contributed by atoms with van der Waals surface area (Å²) in [4.78, 5) is 55.3. The lowest BCUT2D eigenvalue weighted by atomic mass is 10.1. The van der Waals surface area contributed by atoms with Crippen molar-refractivity contribution in [1.82, 2.24) is 24.5 Å². The maximum Gasteiger partial charge on any atom is 0.321 e. The van der Waals surface area contributed by atoms with Crippen LogP contribution in [0.5, 0.6) is 0 Å². The molecule has 0 amide bonds. The molecule has 0 aliphatic carbocycles. The highest BCUT2D eigenvalue weighted by atomic mass is 16.5. The first-order chi connectivity index (χ1) is 21.6. The molecule has 13 nitrogen and oxygen atoms in total. The van der Waals surface area contributed by atoms with Crippen LogP contribution in [0.3, 0.4) is 0 Å². The van der Waals surface area contributed by atoms with Gasteiger partial charge in [-0.1, -0.05) is 77.6 Å². The minimum atomic E-state index is -1.27. The first-order valence-electron chi connectivity index (χ1n) is 16.9. The SMILES string of the molecule is CCCCCCCCCCCCCCN(C)COC(=O)CN1CCN(CC(=O)[O-])CCN(CC(=O)[O-])CCN(CC(=O)[O-])CC1. The van der Waals surface area contributed by atoms with Crippen LogP contribution >= 0.6 is 0 Å². The summed E-state index contributed by atoms with van der Waals surface area (Å²) in [5.41, 5.74) is 0. The summed E-state index contributed by atoms with van der Waals surface area (Å²) in [6, 6.07) is 0. The van der Waals surface area contributed by atoms with Crippen LogP contribution in [-0.4, -0.2) is 147 Å². The van der Waals surface area contributed by atoms with Gasteiger partial charge in [-0.25, -0.2) is 0 Å². The number of carboxylic acids is 3. The average molecular weight is 641 g/mol. The number of nitrogens with zero attached hydrogens (tertiary/aromatic N) is 5.